The van der Waals surface area contributed by atoms with Crippen LogP contribution in [0.3, 0.4) is 0 Å². The average molecular weight is 422 g/mol. The van der Waals surface area contributed by atoms with E-state index in [1.807, 2.05) is 41.1 Å². The van der Waals surface area contributed by atoms with Gasteiger partial charge in [0.15, 0.2) is 0 Å². The molecule has 0 radical (unpaired) electrons. The van der Waals surface area contributed by atoms with Crippen LogP contribution in [0.5, 0.6) is 0 Å². The zero-order valence-electron chi connectivity index (χ0n) is 17.4. The van der Waals surface area contributed by atoms with Gasteiger partial charge >= 0.3 is 5.97 Å². The molecule has 156 valence electrons. The van der Waals surface area contributed by atoms with E-state index in [2.05, 4.69) is 23.9 Å². The lowest BCUT2D eigenvalue weighted by molar-refractivity contribution is 0.0697. The van der Waals surface area contributed by atoms with Crippen molar-refractivity contribution in [3.63, 3.8) is 0 Å². The average Bonchev–Trinajstić information content (AvgIpc) is 3.19. The summed E-state index contributed by atoms with van der Waals surface area (Å²) in [6.45, 7) is 5.07. The monoisotopic (exact) mass is 421 g/mol. The SMILES string of the molecule is CC(C)CCC(CC=S)c1ncnn1Cc1ccc(-c2ccccc2C(=O)O)cc1. The lowest BCUT2D eigenvalue weighted by Crippen LogP contribution is -2.13. The Morgan fingerprint density at radius 3 is 2.53 bits per heavy atom. The molecule has 1 atom stereocenters. The van der Waals surface area contributed by atoms with Crippen LogP contribution in [0.1, 0.15) is 60.8 Å². The third-order valence-corrected chi connectivity index (χ3v) is 5.43. The molecule has 0 saturated carbocycles. The molecule has 2 aromatic carbocycles. The predicted octanol–water partition coefficient (Wildman–Crippen LogP) is 5.60. The zero-order valence-corrected chi connectivity index (χ0v) is 18.2. The van der Waals surface area contributed by atoms with Crippen molar-refractivity contribution in [2.75, 3.05) is 0 Å². The van der Waals surface area contributed by atoms with E-state index in [1.165, 1.54) is 0 Å². The number of rotatable bonds is 10. The Kier molecular flexibility index (Phi) is 7.46. The predicted molar refractivity (Wildman–Crippen MR) is 123 cm³/mol. The second-order valence-corrected chi connectivity index (χ2v) is 8.23. The van der Waals surface area contributed by atoms with Gasteiger partial charge in [0.1, 0.15) is 12.2 Å². The van der Waals surface area contributed by atoms with E-state index in [-0.39, 0.29) is 5.92 Å². The fourth-order valence-electron chi connectivity index (χ4n) is 3.60. The van der Waals surface area contributed by atoms with E-state index in [4.69, 9.17) is 12.2 Å². The van der Waals surface area contributed by atoms with Crippen molar-refractivity contribution < 1.29 is 9.90 Å². The van der Waals surface area contributed by atoms with Gasteiger partial charge in [0.25, 0.3) is 0 Å². The van der Waals surface area contributed by atoms with Crippen LogP contribution in [-0.4, -0.2) is 31.2 Å². The number of aromatic carboxylic acids is 1. The number of thiocarbonyl (C=S) groups is 1. The highest BCUT2D eigenvalue weighted by atomic mass is 32.1. The topological polar surface area (TPSA) is 68.0 Å². The molecule has 30 heavy (non-hydrogen) atoms. The summed E-state index contributed by atoms with van der Waals surface area (Å²) in [5.41, 5.74) is 2.99. The van der Waals surface area contributed by atoms with Crippen molar-refractivity contribution in [1.82, 2.24) is 14.8 Å². The van der Waals surface area contributed by atoms with Gasteiger partial charge in [-0.05, 0) is 46.9 Å². The summed E-state index contributed by atoms with van der Waals surface area (Å²) in [6.07, 6.45) is 4.58. The number of carbonyl (C=O) groups is 1. The molecule has 5 nitrogen and oxygen atoms in total. The minimum Gasteiger partial charge on any atom is -0.478 e. The smallest absolute Gasteiger partial charge is 0.336 e. The number of aromatic nitrogens is 3. The summed E-state index contributed by atoms with van der Waals surface area (Å²) in [6, 6.07) is 15.0. The minimum atomic E-state index is -0.923. The van der Waals surface area contributed by atoms with Crippen molar-refractivity contribution in [2.24, 2.45) is 5.92 Å². The first kappa shape index (κ1) is 21.8. The Morgan fingerprint density at radius 1 is 1.13 bits per heavy atom. The summed E-state index contributed by atoms with van der Waals surface area (Å²) in [7, 11) is 0. The molecule has 3 rings (SSSR count). The molecule has 1 heterocycles. The van der Waals surface area contributed by atoms with E-state index in [0.717, 1.165) is 36.2 Å². The lowest BCUT2D eigenvalue weighted by atomic mass is 9.95. The second kappa shape index (κ2) is 10.3. The summed E-state index contributed by atoms with van der Waals surface area (Å²) >= 11 is 5.12. The highest BCUT2D eigenvalue weighted by Crippen LogP contribution is 2.26. The number of hydrogen-bond acceptors (Lipinski definition) is 4. The molecule has 0 amide bonds. The molecule has 1 aromatic heterocycles. The first-order valence-electron chi connectivity index (χ1n) is 10.2. The highest BCUT2D eigenvalue weighted by Gasteiger charge is 2.18. The van der Waals surface area contributed by atoms with Gasteiger partial charge < -0.3 is 5.11 Å². The van der Waals surface area contributed by atoms with Gasteiger partial charge in [-0.3, -0.25) is 0 Å². The van der Waals surface area contributed by atoms with Crippen LogP contribution in [0.15, 0.2) is 54.9 Å². The van der Waals surface area contributed by atoms with Gasteiger partial charge in [-0.2, -0.15) is 5.10 Å². The molecule has 0 fully saturated rings. The van der Waals surface area contributed by atoms with E-state index >= 15 is 0 Å². The maximum Gasteiger partial charge on any atom is 0.336 e. The maximum atomic E-state index is 11.5. The summed E-state index contributed by atoms with van der Waals surface area (Å²) < 4.78 is 1.95. The van der Waals surface area contributed by atoms with Crippen LogP contribution < -0.4 is 0 Å². The van der Waals surface area contributed by atoms with Crippen molar-refractivity contribution in [3.8, 4) is 11.1 Å². The van der Waals surface area contributed by atoms with Crippen molar-refractivity contribution in [3.05, 3.63) is 71.8 Å². The number of hydrogen-bond donors (Lipinski definition) is 1. The molecular formula is C24H27N3O2S. The molecule has 0 aliphatic heterocycles. The van der Waals surface area contributed by atoms with E-state index in [0.29, 0.717) is 23.6 Å². The Hall–Kier alpha value is -2.86. The number of nitrogens with zero attached hydrogens (tertiary/aromatic N) is 3. The van der Waals surface area contributed by atoms with E-state index in [1.54, 1.807) is 23.8 Å². The second-order valence-electron chi connectivity index (χ2n) is 7.89. The molecular weight excluding hydrogens is 394 g/mol. The van der Waals surface area contributed by atoms with Gasteiger partial charge in [-0.25, -0.2) is 14.5 Å². The third kappa shape index (κ3) is 5.39. The van der Waals surface area contributed by atoms with Gasteiger partial charge in [0, 0.05) is 5.92 Å². The van der Waals surface area contributed by atoms with Crippen LogP contribution in [-0.2, 0) is 6.54 Å². The molecule has 0 spiro atoms. The first-order chi connectivity index (χ1) is 14.5. The van der Waals surface area contributed by atoms with Crippen LogP contribution >= 0.6 is 12.2 Å². The number of carboxylic acid groups (broad SMARTS) is 1. The standard InChI is InChI=1S/C24H27N3O2S/c1-17(2)7-10-20(13-14-30)23-25-16-26-27(23)15-18-8-11-19(12-9-18)21-5-3-4-6-22(21)24(28)29/h3-6,8-9,11-12,14,16-17,20H,7,10,13,15H2,1-2H3,(H,28,29). The van der Waals surface area contributed by atoms with Crippen LogP contribution in [0.4, 0.5) is 0 Å². The normalized spacial score (nSPS) is 12.1. The molecule has 6 heteroatoms. The summed E-state index contributed by atoms with van der Waals surface area (Å²) in [5.74, 6) is 0.953. The van der Waals surface area contributed by atoms with Crippen molar-refractivity contribution in [1.29, 1.82) is 0 Å². The summed E-state index contributed by atoms with van der Waals surface area (Å²) in [4.78, 5) is 16.0. The Bertz CT molecular complexity index is 996. The first-order valence-corrected chi connectivity index (χ1v) is 10.7. The van der Waals surface area contributed by atoms with Crippen LogP contribution in [0, 0.1) is 5.92 Å². The molecule has 0 bridgehead atoms. The molecule has 0 aliphatic carbocycles. The van der Waals surface area contributed by atoms with E-state index in [9.17, 15) is 9.90 Å². The van der Waals surface area contributed by atoms with Crippen molar-refractivity contribution >= 4 is 23.6 Å². The van der Waals surface area contributed by atoms with Gasteiger partial charge in [0.2, 0.25) is 0 Å². The molecule has 1 N–H and O–H groups in total. The zero-order chi connectivity index (χ0) is 21.5. The Labute approximate surface area is 182 Å². The number of carboxylic acids is 1. The fraction of sp³-hybridized carbons (Fsp3) is 0.333. The van der Waals surface area contributed by atoms with Gasteiger partial charge in [0.05, 0.1) is 12.1 Å². The Morgan fingerprint density at radius 2 is 1.87 bits per heavy atom. The van der Waals surface area contributed by atoms with Crippen LogP contribution in [0.2, 0.25) is 0 Å². The minimum absolute atomic E-state index is 0.272. The van der Waals surface area contributed by atoms with Crippen molar-refractivity contribution in [2.45, 2.75) is 45.6 Å². The third-order valence-electron chi connectivity index (χ3n) is 5.24. The highest BCUT2D eigenvalue weighted by molar-refractivity contribution is 7.78. The molecule has 3 aromatic rings. The van der Waals surface area contributed by atoms with Crippen LogP contribution in [0.25, 0.3) is 11.1 Å². The lowest BCUT2D eigenvalue weighted by Gasteiger charge is -2.17. The van der Waals surface area contributed by atoms with Gasteiger partial charge in [-0.15, -0.1) is 0 Å². The molecule has 0 saturated heterocycles. The summed E-state index contributed by atoms with van der Waals surface area (Å²) in [5, 5.41) is 15.7. The van der Waals surface area contributed by atoms with Gasteiger partial charge in [-0.1, -0.05) is 75.0 Å². The molecule has 0 aliphatic rings. The molecule has 1 unspecified atom stereocenters. The van der Waals surface area contributed by atoms with E-state index < -0.39 is 5.97 Å². The quantitative estimate of drug-likeness (QED) is 0.432. The largest absolute Gasteiger partial charge is 0.478 e. The fourth-order valence-corrected chi connectivity index (χ4v) is 3.83. The number of benzene rings is 2. The Balaban J connectivity index is 1.79. The maximum absolute atomic E-state index is 11.5.